The summed E-state index contributed by atoms with van der Waals surface area (Å²) < 4.78 is 31.4. The first kappa shape index (κ1) is 19.7. The van der Waals surface area contributed by atoms with Gasteiger partial charge < -0.3 is 10.1 Å². The Kier molecular flexibility index (Phi) is 7.25. The molecule has 140 valence electrons. The minimum Gasteiger partial charge on any atom is -0.493 e. The number of sulfonamides is 1. The first-order valence-electron chi connectivity index (χ1n) is 8.88. The molecule has 0 spiro atoms. The molecule has 1 aromatic carbocycles. The van der Waals surface area contributed by atoms with Crippen LogP contribution in [0.4, 0.5) is 5.69 Å². The highest BCUT2D eigenvalue weighted by atomic mass is 32.2. The summed E-state index contributed by atoms with van der Waals surface area (Å²) in [6, 6.07) is 7.41. The topological polar surface area (TPSA) is 84.5 Å². The fraction of sp³-hybridized carbons (Fsp3) is 0.611. The number of anilines is 1. The largest absolute Gasteiger partial charge is 0.493 e. The number of nitrogens with one attached hydrogen (secondary N) is 2. The third-order valence-electron chi connectivity index (χ3n) is 4.05. The van der Waals surface area contributed by atoms with Crippen LogP contribution >= 0.6 is 0 Å². The third-order valence-corrected chi connectivity index (χ3v) is 5.90. The van der Waals surface area contributed by atoms with Crippen molar-refractivity contribution in [2.75, 3.05) is 18.5 Å². The van der Waals surface area contributed by atoms with Gasteiger partial charge in [0.2, 0.25) is 15.9 Å². The van der Waals surface area contributed by atoms with Gasteiger partial charge in [-0.3, -0.25) is 4.79 Å². The zero-order chi connectivity index (χ0) is 18.3. The summed E-state index contributed by atoms with van der Waals surface area (Å²) in [6.45, 7) is 4.37. The molecule has 1 fully saturated rings. The predicted molar refractivity (Wildman–Crippen MR) is 99.2 cm³/mol. The summed E-state index contributed by atoms with van der Waals surface area (Å²) in [7, 11) is -3.22. The molecule has 0 aromatic heterocycles. The van der Waals surface area contributed by atoms with Gasteiger partial charge in [-0.25, -0.2) is 13.1 Å². The van der Waals surface area contributed by atoms with Gasteiger partial charge in [-0.15, -0.1) is 0 Å². The zero-order valence-electron chi connectivity index (χ0n) is 15.0. The van der Waals surface area contributed by atoms with Crippen molar-refractivity contribution in [1.82, 2.24) is 4.72 Å². The van der Waals surface area contributed by atoms with E-state index in [1.165, 1.54) is 12.8 Å². The van der Waals surface area contributed by atoms with Crippen molar-refractivity contribution >= 4 is 21.6 Å². The molecule has 2 N–H and O–H groups in total. The molecule has 1 saturated carbocycles. The second-order valence-electron chi connectivity index (χ2n) is 6.78. The summed E-state index contributed by atoms with van der Waals surface area (Å²) >= 11 is 0. The van der Waals surface area contributed by atoms with E-state index in [1.807, 2.05) is 24.3 Å². The fourth-order valence-electron chi connectivity index (χ4n) is 2.18. The second kappa shape index (κ2) is 9.20. The van der Waals surface area contributed by atoms with E-state index in [0.29, 0.717) is 31.7 Å². The van der Waals surface area contributed by atoms with Crippen LogP contribution in [0.1, 0.15) is 46.0 Å². The van der Waals surface area contributed by atoms with Crippen LogP contribution in [0.5, 0.6) is 5.75 Å². The highest BCUT2D eigenvalue weighted by Crippen LogP contribution is 2.30. The van der Waals surface area contributed by atoms with Gasteiger partial charge in [-0.1, -0.05) is 6.07 Å². The van der Waals surface area contributed by atoms with E-state index in [2.05, 4.69) is 10.0 Å². The number of rotatable bonds is 11. The van der Waals surface area contributed by atoms with E-state index < -0.39 is 15.3 Å². The number of unbranched alkanes of at least 4 members (excludes halogenated alkanes) is 1. The van der Waals surface area contributed by atoms with Gasteiger partial charge in [0, 0.05) is 24.7 Å². The van der Waals surface area contributed by atoms with Gasteiger partial charge >= 0.3 is 0 Å². The maximum atomic E-state index is 12.0. The number of carbonyl (C=O) groups excluding carboxylic acids is 1. The maximum Gasteiger partial charge on any atom is 0.224 e. The van der Waals surface area contributed by atoms with E-state index in [1.54, 1.807) is 13.8 Å². The number of ether oxygens (including phenoxy) is 1. The highest BCUT2D eigenvalue weighted by Gasteiger charge is 2.21. The van der Waals surface area contributed by atoms with E-state index in [-0.39, 0.29) is 5.91 Å². The highest BCUT2D eigenvalue weighted by molar-refractivity contribution is 7.90. The quantitative estimate of drug-likeness (QED) is 0.588. The first-order chi connectivity index (χ1) is 11.9. The molecular formula is C18H28N2O4S. The van der Waals surface area contributed by atoms with Gasteiger partial charge in [-0.05, 0) is 57.6 Å². The van der Waals surface area contributed by atoms with Crippen LogP contribution in [-0.2, 0) is 14.8 Å². The Morgan fingerprint density at radius 2 is 2.04 bits per heavy atom. The molecule has 0 aliphatic heterocycles. The molecule has 1 amide bonds. The van der Waals surface area contributed by atoms with Crippen LogP contribution < -0.4 is 14.8 Å². The first-order valence-corrected chi connectivity index (χ1v) is 10.4. The van der Waals surface area contributed by atoms with Gasteiger partial charge in [0.05, 0.1) is 11.9 Å². The molecular weight excluding hydrogens is 340 g/mol. The van der Waals surface area contributed by atoms with Crippen molar-refractivity contribution in [1.29, 1.82) is 0 Å². The molecule has 1 aromatic rings. The lowest BCUT2D eigenvalue weighted by molar-refractivity contribution is -0.116. The molecule has 0 unspecified atom stereocenters. The molecule has 6 nitrogen and oxygen atoms in total. The van der Waals surface area contributed by atoms with Crippen molar-refractivity contribution in [3.05, 3.63) is 24.3 Å². The van der Waals surface area contributed by atoms with Gasteiger partial charge in [0.25, 0.3) is 0 Å². The zero-order valence-corrected chi connectivity index (χ0v) is 15.8. The normalized spacial score (nSPS) is 14.5. The van der Waals surface area contributed by atoms with Crippen molar-refractivity contribution in [3.63, 3.8) is 0 Å². The van der Waals surface area contributed by atoms with Crippen LogP contribution in [-0.4, -0.2) is 32.7 Å². The van der Waals surface area contributed by atoms with Crippen molar-refractivity contribution < 1.29 is 17.9 Å². The lowest BCUT2D eigenvalue weighted by Crippen LogP contribution is -2.31. The summed E-state index contributed by atoms with van der Waals surface area (Å²) in [5.74, 6) is 1.38. The number of benzene rings is 1. The lowest BCUT2D eigenvalue weighted by Gasteiger charge is -2.10. The average Bonchev–Trinajstić information content (AvgIpc) is 3.37. The van der Waals surface area contributed by atoms with Crippen molar-refractivity contribution in [2.45, 2.75) is 51.2 Å². The molecule has 25 heavy (non-hydrogen) atoms. The Hall–Kier alpha value is -1.60. The van der Waals surface area contributed by atoms with Crippen LogP contribution in [0.3, 0.4) is 0 Å². The Labute approximate surface area is 150 Å². The van der Waals surface area contributed by atoms with Gasteiger partial charge in [0.15, 0.2) is 0 Å². The second-order valence-corrected chi connectivity index (χ2v) is 9.10. The molecule has 0 saturated heterocycles. The van der Waals surface area contributed by atoms with Gasteiger partial charge in [0.1, 0.15) is 5.75 Å². The number of carbonyl (C=O) groups is 1. The predicted octanol–water partition coefficient (Wildman–Crippen LogP) is 2.91. The molecule has 2 rings (SSSR count). The standard InChI is InChI=1S/C18H28N2O4S/c1-14(2)25(22,23)19-11-4-3-8-18(21)20-16-6-5-7-17(12-16)24-13-15-9-10-15/h5-7,12,14-15,19H,3-4,8-11,13H2,1-2H3,(H,20,21). The molecule has 0 heterocycles. The monoisotopic (exact) mass is 368 g/mol. The lowest BCUT2D eigenvalue weighted by atomic mass is 10.2. The third kappa shape index (κ3) is 7.44. The Bertz CT molecular complexity index is 669. The van der Waals surface area contributed by atoms with Crippen LogP contribution in [0.2, 0.25) is 0 Å². The maximum absolute atomic E-state index is 12.0. The van der Waals surface area contributed by atoms with Crippen LogP contribution in [0.15, 0.2) is 24.3 Å². The van der Waals surface area contributed by atoms with Crippen molar-refractivity contribution in [2.24, 2.45) is 5.92 Å². The van der Waals surface area contributed by atoms with E-state index in [4.69, 9.17) is 4.74 Å². The van der Waals surface area contributed by atoms with E-state index >= 15 is 0 Å². The minimum absolute atomic E-state index is 0.0777. The smallest absolute Gasteiger partial charge is 0.224 e. The molecule has 1 aliphatic rings. The average molecular weight is 368 g/mol. The molecule has 1 aliphatic carbocycles. The van der Waals surface area contributed by atoms with Crippen LogP contribution in [0, 0.1) is 5.92 Å². The van der Waals surface area contributed by atoms with E-state index in [0.717, 1.165) is 18.0 Å². The minimum atomic E-state index is -3.22. The number of amides is 1. The summed E-state index contributed by atoms with van der Waals surface area (Å²) in [5, 5.41) is 2.41. The Balaban J connectivity index is 1.65. The number of hydrogen-bond acceptors (Lipinski definition) is 4. The molecule has 0 atom stereocenters. The fourth-order valence-corrected chi connectivity index (χ4v) is 2.94. The summed E-state index contributed by atoms with van der Waals surface area (Å²) in [4.78, 5) is 12.0. The Morgan fingerprint density at radius 3 is 2.72 bits per heavy atom. The Morgan fingerprint density at radius 1 is 1.28 bits per heavy atom. The number of hydrogen-bond donors (Lipinski definition) is 2. The van der Waals surface area contributed by atoms with Gasteiger partial charge in [-0.2, -0.15) is 0 Å². The summed E-state index contributed by atoms with van der Waals surface area (Å²) in [6.07, 6.45) is 4.10. The summed E-state index contributed by atoms with van der Waals surface area (Å²) in [5.41, 5.74) is 0.721. The van der Waals surface area contributed by atoms with Crippen molar-refractivity contribution in [3.8, 4) is 5.75 Å². The molecule has 7 heteroatoms. The SMILES string of the molecule is CC(C)S(=O)(=O)NCCCCC(=O)Nc1cccc(OCC2CC2)c1. The molecule has 0 bridgehead atoms. The van der Waals surface area contributed by atoms with E-state index in [9.17, 15) is 13.2 Å². The van der Waals surface area contributed by atoms with Crippen LogP contribution in [0.25, 0.3) is 0 Å². The molecule has 0 radical (unpaired) electrons.